The third kappa shape index (κ3) is 5.77. The van der Waals surface area contributed by atoms with Crippen LogP contribution in [-0.4, -0.2) is 47.7 Å². The number of benzene rings is 1. The molecule has 1 aliphatic heterocycles. The number of ether oxygens (including phenoxy) is 1. The Morgan fingerprint density at radius 2 is 2.06 bits per heavy atom. The van der Waals surface area contributed by atoms with Gasteiger partial charge in [0.05, 0.1) is 11.1 Å². The van der Waals surface area contributed by atoms with Gasteiger partial charge < -0.3 is 15.4 Å². The molecule has 0 saturated carbocycles. The molecular weight excluding hydrogens is 450 g/mol. The third-order valence-electron chi connectivity index (χ3n) is 6.32. The molecule has 1 aromatic heterocycles. The standard InChI is InChI=1S/C25H31N5O3S/c1-16-11-18(20-5-3-4-6-22(20)28-16)14-33-19-9-7-17(8-10-19)24(32)29-23-13-26-12-21(23)25(34-2)30-27-15-31/h7-11,15,21,23,26H,3-6,12-14H2,1-2H3,(H,27,31)(H,29,32)/b30-25-. The Morgan fingerprint density at radius 3 is 2.82 bits per heavy atom. The SMILES string of the molecule is CS/C(=N\NC=O)C1CNCC1NC(=O)c1ccc(OCc2cc(C)nc3c2CCCC3)cc1. The highest BCUT2D eigenvalue weighted by Crippen LogP contribution is 2.25. The van der Waals surface area contributed by atoms with Gasteiger partial charge >= 0.3 is 0 Å². The highest BCUT2D eigenvalue weighted by atomic mass is 32.2. The number of amides is 2. The van der Waals surface area contributed by atoms with E-state index in [0.29, 0.717) is 31.7 Å². The monoisotopic (exact) mass is 481 g/mol. The molecule has 4 rings (SSSR count). The van der Waals surface area contributed by atoms with Gasteiger partial charge in [-0.25, -0.2) is 5.43 Å². The maximum Gasteiger partial charge on any atom is 0.251 e. The minimum atomic E-state index is -0.145. The van der Waals surface area contributed by atoms with Crippen LogP contribution in [0.15, 0.2) is 35.4 Å². The second-order valence-corrected chi connectivity index (χ2v) is 9.44. The average Bonchev–Trinajstić information content (AvgIpc) is 3.31. The lowest BCUT2D eigenvalue weighted by molar-refractivity contribution is -0.109. The number of fused-ring (bicyclic) bond motifs is 1. The van der Waals surface area contributed by atoms with Crippen molar-refractivity contribution in [1.29, 1.82) is 0 Å². The van der Waals surface area contributed by atoms with Crippen LogP contribution in [0.5, 0.6) is 5.75 Å². The Morgan fingerprint density at radius 1 is 1.26 bits per heavy atom. The van der Waals surface area contributed by atoms with E-state index >= 15 is 0 Å². The lowest BCUT2D eigenvalue weighted by Crippen LogP contribution is -2.42. The molecule has 2 atom stereocenters. The molecule has 2 heterocycles. The van der Waals surface area contributed by atoms with Crippen molar-refractivity contribution in [2.45, 2.75) is 45.3 Å². The first-order chi connectivity index (χ1) is 16.6. The minimum Gasteiger partial charge on any atom is -0.489 e. The van der Waals surface area contributed by atoms with Crippen LogP contribution in [0.25, 0.3) is 0 Å². The van der Waals surface area contributed by atoms with E-state index in [0.717, 1.165) is 29.3 Å². The summed E-state index contributed by atoms with van der Waals surface area (Å²) in [5.41, 5.74) is 7.72. The van der Waals surface area contributed by atoms with Crippen LogP contribution < -0.4 is 20.8 Å². The smallest absolute Gasteiger partial charge is 0.251 e. The van der Waals surface area contributed by atoms with Crippen LogP contribution in [0.2, 0.25) is 0 Å². The molecule has 2 unspecified atom stereocenters. The normalized spacial score (nSPS) is 19.9. The summed E-state index contributed by atoms with van der Waals surface area (Å²) in [7, 11) is 0. The number of thioether (sulfide) groups is 1. The number of carbonyl (C=O) groups is 2. The molecular formula is C25H31N5O3S. The molecule has 3 N–H and O–H groups in total. The highest BCUT2D eigenvalue weighted by molar-refractivity contribution is 8.13. The van der Waals surface area contributed by atoms with E-state index in [2.05, 4.69) is 27.2 Å². The highest BCUT2D eigenvalue weighted by Gasteiger charge is 2.32. The summed E-state index contributed by atoms with van der Waals surface area (Å²) in [6.07, 6.45) is 6.95. The Kier molecular flexibility index (Phi) is 8.18. The lowest BCUT2D eigenvalue weighted by atomic mass is 9.92. The first kappa shape index (κ1) is 24.2. The largest absolute Gasteiger partial charge is 0.489 e. The van der Waals surface area contributed by atoms with E-state index in [1.165, 1.54) is 41.4 Å². The first-order valence-corrected chi connectivity index (χ1v) is 12.8. The summed E-state index contributed by atoms with van der Waals surface area (Å²) >= 11 is 1.47. The van der Waals surface area contributed by atoms with Crippen molar-refractivity contribution in [3.63, 3.8) is 0 Å². The Balaban J connectivity index is 1.37. The number of aromatic nitrogens is 1. The quantitative estimate of drug-likeness (QED) is 0.232. The van der Waals surface area contributed by atoms with E-state index in [1.54, 1.807) is 12.1 Å². The molecule has 0 radical (unpaired) electrons. The molecule has 8 nitrogen and oxygen atoms in total. The summed E-state index contributed by atoms with van der Waals surface area (Å²) < 4.78 is 6.06. The van der Waals surface area contributed by atoms with Gasteiger partial charge in [-0.3, -0.25) is 14.6 Å². The van der Waals surface area contributed by atoms with Crippen molar-refractivity contribution in [1.82, 2.24) is 21.0 Å². The lowest BCUT2D eigenvalue weighted by Gasteiger charge is -2.21. The van der Waals surface area contributed by atoms with Gasteiger partial charge in [0.15, 0.2) is 0 Å². The van der Waals surface area contributed by atoms with E-state index < -0.39 is 0 Å². The number of nitrogens with one attached hydrogen (secondary N) is 3. The van der Waals surface area contributed by atoms with Crippen molar-refractivity contribution in [3.05, 3.63) is 58.4 Å². The molecule has 1 aliphatic carbocycles. The Hall–Kier alpha value is -2.91. The number of carbonyl (C=O) groups excluding carboxylic acids is 2. The summed E-state index contributed by atoms with van der Waals surface area (Å²) in [5, 5.41) is 11.3. The van der Waals surface area contributed by atoms with Gasteiger partial charge in [-0.15, -0.1) is 11.8 Å². The summed E-state index contributed by atoms with van der Waals surface area (Å²) in [4.78, 5) is 28.2. The van der Waals surface area contributed by atoms with Crippen LogP contribution in [0.1, 0.15) is 45.7 Å². The van der Waals surface area contributed by atoms with Crippen molar-refractivity contribution in [3.8, 4) is 5.75 Å². The Labute approximate surface area is 204 Å². The number of hydrazone groups is 1. The zero-order chi connectivity index (χ0) is 23.9. The van der Waals surface area contributed by atoms with Crippen LogP contribution in [0, 0.1) is 12.8 Å². The topological polar surface area (TPSA) is 105 Å². The first-order valence-electron chi connectivity index (χ1n) is 11.6. The zero-order valence-corrected chi connectivity index (χ0v) is 20.4. The van der Waals surface area contributed by atoms with Crippen molar-refractivity contribution < 1.29 is 14.3 Å². The van der Waals surface area contributed by atoms with Gasteiger partial charge in [-0.2, -0.15) is 5.10 Å². The predicted molar refractivity (Wildman–Crippen MR) is 134 cm³/mol. The second kappa shape index (κ2) is 11.5. The van der Waals surface area contributed by atoms with Crippen LogP contribution in [-0.2, 0) is 24.2 Å². The van der Waals surface area contributed by atoms with E-state index in [9.17, 15) is 9.59 Å². The molecule has 34 heavy (non-hydrogen) atoms. The average molecular weight is 482 g/mol. The molecule has 0 spiro atoms. The van der Waals surface area contributed by atoms with Crippen LogP contribution in [0.3, 0.4) is 0 Å². The fourth-order valence-electron chi connectivity index (χ4n) is 4.65. The molecule has 2 amide bonds. The van der Waals surface area contributed by atoms with E-state index in [-0.39, 0.29) is 17.9 Å². The molecule has 1 aromatic carbocycles. The van der Waals surface area contributed by atoms with Crippen molar-refractivity contribution >= 4 is 29.1 Å². The summed E-state index contributed by atoms with van der Waals surface area (Å²) in [6.45, 7) is 3.87. The molecule has 1 saturated heterocycles. The number of pyridine rings is 1. The minimum absolute atomic E-state index is 0.00348. The third-order valence-corrected chi connectivity index (χ3v) is 7.13. The number of hydrogen-bond donors (Lipinski definition) is 3. The maximum absolute atomic E-state index is 12.9. The van der Waals surface area contributed by atoms with Gasteiger partial charge in [0.1, 0.15) is 12.4 Å². The Bertz CT molecular complexity index is 1060. The van der Waals surface area contributed by atoms with E-state index in [1.807, 2.05) is 25.3 Å². The molecule has 2 aliphatic rings. The number of nitrogens with zero attached hydrogens (tertiary/aromatic N) is 2. The van der Waals surface area contributed by atoms with E-state index in [4.69, 9.17) is 9.72 Å². The molecule has 1 fully saturated rings. The van der Waals surface area contributed by atoms with Gasteiger partial charge in [-0.05, 0) is 80.3 Å². The van der Waals surface area contributed by atoms with Crippen molar-refractivity contribution in [2.75, 3.05) is 19.3 Å². The van der Waals surface area contributed by atoms with Gasteiger partial charge in [0.25, 0.3) is 5.91 Å². The predicted octanol–water partition coefficient (Wildman–Crippen LogP) is 2.59. The summed E-state index contributed by atoms with van der Waals surface area (Å²) in [5.74, 6) is 0.587. The zero-order valence-electron chi connectivity index (χ0n) is 19.6. The number of rotatable bonds is 8. The maximum atomic E-state index is 12.9. The fourth-order valence-corrected chi connectivity index (χ4v) is 5.34. The van der Waals surface area contributed by atoms with Crippen molar-refractivity contribution in [2.24, 2.45) is 11.0 Å². The number of hydrogen-bond acceptors (Lipinski definition) is 7. The molecule has 180 valence electrons. The van der Waals surface area contributed by atoms with Crippen LogP contribution >= 0.6 is 11.8 Å². The molecule has 0 bridgehead atoms. The van der Waals surface area contributed by atoms with Crippen LogP contribution in [0.4, 0.5) is 0 Å². The fraction of sp³-hybridized carbons (Fsp3) is 0.440. The van der Waals surface area contributed by atoms with Gasteiger partial charge in [0.2, 0.25) is 6.41 Å². The second-order valence-electron chi connectivity index (χ2n) is 8.61. The van der Waals surface area contributed by atoms with Gasteiger partial charge in [-0.1, -0.05) is 0 Å². The summed E-state index contributed by atoms with van der Waals surface area (Å²) in [6, 6.07) is 9.25. The molecule has 2 aromatic rings. The van der Waals surface area contributed by atoms with Gasteiger partial charge in [0, 0.05) is 36.0 Å². The molecule has 9 heteroatoms. The number of aryl methyl sites for hydroxylation is 2.